The largest absolute Gasteiger partial charge is 0.341 e. The number of hydrogen-bond donors (Lipinski definition) is 15. The number of hydrogen-bond acceptors (Lipinski definition) is 55. The van der Waals surface area contributed by atoms with Crippen molar-refractivity contribution < 1.29 is 0 Å². The second kappa shape index (κ2) is 70.6. The number of aromatic nitrogens is 15. The molecule has 0 fully saturated rings. The van der Waals surface area contributed by atoms with Gasteiger partial charge in [0.25, 0.3) is 17.8 Å². The Morgan fingerprint density at radius 1 is 0.223 bits per heavy atom. The standard InChI is InChI=1S/C22H49N11.C16H37N11.C16H13N11.C10H25N11.C10HN11.CH4/c1-2-3-14-31(15-4-9-23)20-28-21(32(16-5-10-24)17-6-11-25)30-22(29-20)33(18-7-12-26)19-8-13-27;2*1-2-8-25(9-3-17)14-22-15(26(10-4-18)11-5-19)24-16(23-14)27(12-6-20)13-7-21;2*1-2-19(3-11)8-16-9(20(4-12)5-13)18-10(17-8)21(6-14)7-15;/h2-19,23-27H2,1H3;2-13,17-21H2,1H3;1H,8-13H2;2-7,11-15H2,1H3;1H;1H4. The molecule has 0 atom stereocenters. The Balaban J connectivity index is 0.00000161. The van der Waals surface area contributed by atoms with Gasteiger partial charge in [0, 0.05) is 124 Å². The van der Waals surface area contributed by atoms with Crippen LogP contribution in [0.25, 0.3) is 0 Å². The van der Waals surface area contributed by atoms with Gasteiger partial charge in [0.05, 0.1) is 70.2 Å². The Labute approximate surface area is 761 Å². The summed E-state index contributed by atoms with van der Waals surface area (Å²) in [6.07, 6.45) is 25.2. The van der Waals surface area contributed by atoms with Gasteiger partial charge >= 0.3 is 0 Å². The highest BCUT2D eigenvalue weighted by molar-refractivity contribution is 5.58. The van der Waals surface area contributed by atoms with Crippen molar-refractivity contribution in [1.29, 1.82) is 52.6 Å². The number of nitriles is 10. The van der Waals surface area contributed by atoms with Crippen molar-refractivity contribution in [3.63, 3.8) is 0 Å². The molecule has 0 radical (unpaired) electrons. The van der Waals surface area contributed by atoms with Gasteiger partial charge in [-0.1, -0.05) is 40.0 Å². The van der Waals surface area contributed by atoms with Crippen molar-refractivity contribution in [1.82, 2.24) is 74.8 Å². The molecule has 0 aliphatic heterocycles. The maximum absolute atomic E-state index is 8.99. The Bertz CT molecular complexity index is 3880. The summed E-state index contributed by atoms with van der Waals surface area (Å²) in [5.41, 5.74) is 86.1. The van der Waals surface area contributed by atoms with E-state index < -0.39 is 17.8 Å². The second-order valence-corrected chi connectivity index (χ2v) is 26.2. The molecule has 0 aromatic carbocycles. The first-order valence-electron chi connectivity index (χ1n) is 41.2. The summed E-state index contributed by atoms with van der Waals surface area (Å²) < 4.78 is 0. The smallest absolute Gasteiger partial charge is 0.259 e. The van der Waals surface area contributed by atoms with Crippen molar-refractivity contribution in [3.05, 3.63) is 0 Å². The highest BCUT2D eigenvalue weighted by Gasteiger charge is 2.27. The highest BCUT2D eigenvalue weighted by atomic mass is 15.5. The quantitative estimate of drug-likeness (QED) is 0.00566. The van der Waals surface area contributed by atoms with Gasteiger partial charge in [0.15, 0.2) is 6.19 Å². The van der Waals surface area contributed by atoms with E-state index in [-0.39, 0.29) is 97.9 Å². The lowest BCUT2D eigenvalue weighted by Crippen LogP contribution is -2.40. The summed E-state index contributed by atoms with van der Waals surface area (Å²) in [6.45, 7) is 21.4. The molecule has 5 aromatic rings. The molecule has 5 heterocycles. The van der Waals surface area contributed by atoms with Crippen molar-refractivity contribution >= 4 is 89.2 Å². The maximum Gasteiger partial charge on any atom is 0.259 e. The van der Waals surface area contributed by atoms with Gasteiger partial charge in [-0.25, -0.2) is 0 Å². The number of nitrogens with two attached hydrogens (primary N) is 15. The minimum Gasteiger partial charge on any atom is -0.341 e. The van der Waals surface area contributed by atoms with Crippen LogP contribution in [0.4, 0.5) is 89.2 Å². The first kappa shape index (κ1) is 115. The zero-order chi connectivity index (χ0) is 96.1. The van der Waals surface area contributed by atoms with Gasteiger partial charge in [-0.2, -0.15) is 132 Å². The molecule has 130 heavy (non-hydrogen) atoms. The molecule has 5 aromatic heterocycles. The molecule has 0 unspecified atom stereocenters. The lowest BCUT2D eigenvalue weighted by molar-refractivity contribution is 0.645. The molecule has 5 rings (SSSR count). The third kappa shape index (κ3) is 40.0. The summed E-state index contributed by atoms with van der Waals surface area (Å²) in [7, 11) is 0. The molecule has 704 valence electrons. The Morgan fingerprint density at radius 3 is 0.615 bits per heavy atom. The van der Waals surface area contributed by atoms with E-state index in [0.717, 1.165) is 97.2 Å². The van der Waals surface area contributed by atoms with E-state index in [1.165, 1.54) is 39.5 Å². The van der Waals surface area contributed by atoms with Crippen molar-refractivity contribution in [2.45, 2.75) is 79.6 Å². The van der Waals surface area contributed by atoms with Gasteiger partial charge in [0.2, 0.25) is 96.2 Å². The zero-order valence-electron chi connectivity index (χ0n) is 73.9. The molecule has 0 aliphatic rings. The van der Waals surface area contributed by atoms with Crippen LogP contribution in [-0.2, 0) is 0 Å². The topological polar surface area (TPSA) is 870 Å². The summed E-state index contributed by atoms with van der Waals surface area (Å²) in [5.74, 6) is 5.93. The lowest BCUT2D eigenvalue weighted by Gasteiger charge is -2.29. The minimum absolute atomic E-state index is 0. The van der Waals surface area contributed by atoms with E-state index in [4.69, 9.17) is 166 Å². The van der Waals surface area contributed by atoms with Crippen LogP contribution in [0, 0.1) is 139 Å². The SMILES string of the molecule is C.C#CCN(CC#N)c1nc(N(CC#N)CC#N)nc(N(CC#N)CC#N)n1.C#CN(C#N)c1nc(N(C#N)C#N)nc(N(C#N)C#N)n1.CCCCN(CCCN)c1nc(N(CCCN)CCCN)nc(N(CCCN)CCCN)n1.CCCN(CCN)c1nc(N(CCN)CCN)nc(N(CCN)CCN)n1.CCN(CN)c1nc(N(CN)CN)nc(N(CN)CN)n1. The Morgan fingerprint density at radius 2 is 0.423 bits per heavy atom. The Hall–Kier alpha value is -14.5. The van der Waals surface area contributed by atoms with Gasteiger partial charge < -0.3 is 145 Å². The molecule has 0 bridgehead atoms. The number of unbranched alkanes of at least 4 members (excludes halogenated alkanes) is 1. The first-order chi connectivity index (χ1) is 62.7. The predicted molar refractivity (Wildman–Crippen MR) is 499 cm³/mol. The van der Waals surface area contributed by atoms with E-state index in [1.54, 1.807) is 20.9 Å². The van der Waals surface area contributed by atoms with Crippen molar-refractivity contribution in [3.8, 4) is 86.1 Å². The van der Waals surface area contributed by atoms with Crippen molar-refractivity contribution in [2.75, 3.05) is 297 Å². The van der Waals surface area contributed by atoms with E-state index >= 15 is 0 Å². The molecule has 0 saturated heterocycles. The van der Waals surface area contributed by atoms with E-state index in [9.17, 15) is 0 Å². The normalized spacial score (nSPS) is 9.83. The highest BCUT2D eigenvalue weighted by Crippen LogP contribution is 2.26. The number of rotatable bonds is 57. The van der Waals surface area contributed by atoms with Crippen LogP contribution >= 0.6 is 0 Å². The monoisotopic (exact) mass is 1800 g/mol. The first-order valence-corrected chi connectivity index (χ1v) is 41.2. The van der Waals surface area contributed by atoms with Crippen LogP contribution < -0.4 is 160 Å². The van der Waals surface area contributed by atoms with E-state index in [0.29, 0.717) is 173 Å². The van der Waals surface area contributed by atoms with Crippen LogP contribution in [0.3, 0.4) is 0 Å². The zero-order valence-corrected chi connectivity index (χ0v) is 73.9. The van der Waals surface area contributed by atoms with Crippen LogP contribution in [-0.4, -0.2) is 298 Å². The van der Waals surface area contributed by atoms with Gasteiger partial charge in [-0.3, -0.25) is 0 Å². The number of nitrogens with zero attached hydrogens (tertiary/aromatic N) is 40. The van der Waals surface area contributed by atoms with Gasteiger partial charge in [-0.05, 0) is 84.6 Å². The maximum atomic E-state index is 8.99. The molecule has 0 aliphatic carbocycles. The summed E-state index contributed by atoms with van der Waals surface area (Å²) in [6, 6.07) is 11.5. The van der Waals surface area contributed by atoms with E-state index in [1.807, 2.05) is 53.1 Å². The minimum atomic E-state index is -0.494. The van der Waals surface area contributed by atoms with Crippen LogP contribution in [0.5, 0.6) is 0 Å². The summed E-state index contributed by atoms with van der Waals surface area (Å²) in [4.78, 5) is 88.2. The van der Waals surface area contributed by atoms with Crippen molar-refractivity contribution in [2.24, 2.45) is 86.0 Å². The Kier molecular flexibility index (Phi) is 62.7. The molecule has 55 nitrogen and oxygen atoms in total. The fourth-order valence-electron chi connectivity index (χ4n) is 10.7. The third-order valence-corrected chi connectivity index (χ3v) is 17.1. The fraction of sp³-hybridized carbons (Fsp3) is 0.613. The molecular formula is C75H129N55. The second-order valence-electron chi connectivity index (χ2n) is 26.2. The molecule has 0 saturated carbocycles. The fourth-order valence-corrected chi connectivity index (χ4v) is 10.7. The third-order valence-electron chi connectivity index (χ3n) is 17.1. The van der Waals surface area contributed by atoms with Crippen LogP contribution in [0.15, 0.2) is 0 Å². The average molecular weight is 1800 g/mol. The molecule has 0 amide bonds. The van der Waals surface area contributed by atoms with Gasteiger partial charge in [-0.15, -0.1) is 16.2 Å². The number of anilines is 15. The average Bonchev–Trinajstić information content (AvgIpc) is 0.820. The summed E-state index contributed by atoms with van der Waals surface area (Å²) >= 11 is 0. The van der Waals surface area contributed by atoms with E-state index in [2.05, 4.69) is 99.2 Å². The predicted octanol–water partition coefficient (Wildman–Crippen LogP) is -6.31. The van der Waals surface area contributed by atoms with Crippen LogP contribution in [0.1, 0.15) is 79.6 Å². The van der Waals surface area contributed by atoms with Crippen LogP contribution in [0.2, 0.25) is 0 Å². The number of terminal acetylenes is 2. The molecule has 30 N–H and O–H groups in total. The molecular weight excluding hydrogens is 1670 g/mol. The summed E-state index contributed by atoms with van der Waals surface area (Å²) in [5, 5.41) is 88.7. The lowest BCUT2D eigenvalue weighted by atomic mass is 10.3. The molecule has 55 heteroatoms. The molecule has 0 spiro atoms. The van der Waals surface area contributed by atoms with Gasteiger partial charge in [0.1, 0.15) is 32.7 Å².